The van der Waals surface area contributed by atoms with E-state index >= 15 is 0 Å². The minimum Gasteiger partial charge on any atom is -0.365 e. The summed E-state index contributed by atoms with van der Waals surface area (Å²) in [6, 6.07) is 3.46. The lowest BCUT2D eigenvalue weighted by Gasteiger charge is -2.21. The number of hydrogen-bond donors (Lipinski definition) is 2. The number of rotatable bonds is 5. The van der Waals surface area contributed by atoms with Gasteiger partial charge in [0.25, 0.3) is 0 Å². The molecule has 0 bridgehead atoms. The Balaban J connectivity index is 2.72. The lowest BCUT2D eigenvalue weighted by atomic mass is 10.1. The van der Waals surface area contributed by atoms with E-state index in [1.165, 1.54) is 6.20 Å². The first-order valence-corrected chi connectivity index (χ1v) is 7.62. The zero-order valence-electron chi connectivity index (χ0n) is 11.3. The zero-order valence-corrected chi connectivity index (χ0v) is 12.1. The van der Waals surface area contributed by atoms with Gasteiger partial charge in [-0.15, -0.1) is 0 Å². The van der Waals surface area contributed by atoms with Crippen LogP contribution in [0.15, 0.2) is 18.3 Å². The molecule has 1 heterocycles. The van der Waals surface area contributed by atoms with E-state index in [1.54, 1.807) is 12.1 Å². The predicted molar refractivity (Wildman–Crippen MR) is 75.3 cm³/mol. The van der Waals surface area contributed by atoms with Crippen LogP contribution < -0.4 is 10.0 Å². The van der Waals surface area contributed by atoms with E-state index in [-0.39, 0.29) is 11.3 Å². The van der Waals surface area contributed by atoms with Gasteiger partial charge in [0.1, 0.15) is 5.82 Å². The number of hydrogen-bond acceptors (Lipinski definition) is 4. The van der Waals surface area contributed by atoms with Crippen LogP contribution in [0.1, 0.15) is 34.1 Å². The van der Waals surface area contributed by atoms with Crippen molar-refractivity contribution in [2.75, 3.05) is 15.8 Å². The van der Waals surface area contributed by atoms with Gasteiger partial charge in [-0.1, -0.05) is 6.92 Å². The maximum absolute atomic E-state index is 11.6. The maximum Gasteiger partial charge on any atom is 0.232 e. The quantitative estimate of drug-likeness (QED) is 0.863. The topological polar surface area (TPSA) is 71.1 Å². The molecule has 18 heavy (non-hydrogen) atoms. The summed E-state index contributed by atoms with van der Waals surface area (Å²) in [6.07, 6.45) is 2.10. The fraction of sp³-hybridized carbons (Fsp3) is 0.583. The summed E-state index contributed by atoms with van der Waals surface area (Å²) in [4.78, 5) is 4.17. The smallest absolute Gasteiger partial charge is 0.232 e. The average Bonchev–Trinajstić information content (AvgIpc) is 2.18. The van der Waals surface area contributed by atoms with Crippen molar-refractivity contribution in [3.8, 4) is 0 Å². The standard InChI is InChI=1S/C12H21N3O2S/c1-5-8-18(16,17)15-10-6-7-11(13-9-10)14-12(2,3)4/h6-7,9,15H,5,8H2,1-4H3,(H,13,14). The van der Waals surface area contributed by atoms with Crippen molar-refractivity contribution < 1.29 is 8.42 Å². The van der Waals surface area contributed by atoms with Gasteiger partial charge in [0, 0.05) is 5.54 Å². The summed E-state index contributed by atoms with van der Waals surface area (Å²) in [7, 11) is -3.24. The van der Waals surface area contributed by atoms with Crippen LogP contribution in [0.3, 0.4) is 0 Å². The Morgan fingerprint density at radius 1 is 1.28 bits per heavy atom. The van der Waals surface area contributed by atoms with Crippen LogP contribution in [0.5, 0.6) is 0 Å². The summed E-state index contributed by atoms with van der Waals surface area (Å²) in [5.41, 5.74) is 0.416. The van der Waals surface area contributed by atoms with Crippen LogP contribution >= 0.6 is 0 Å². The van der Waals surface area contributed by atoms with Crippen LogP contribution in [0.4, 0.5) is 11.5 Å². The monoisotopic (exact) mass is 271 g/mol. The Hall–Kier alpha value is -1.30. The molecule has 0 saturated carbocycles. The van der Waals surface area contributed by atoms with Crippen molar-refractivity contribution in [2.45, 2.75) is 39.7 Å². The van der Waals surface area contributed by atoms with E-state index in [0.29, 0.717) is 12.1 Å². The summed E-state index contributed by atoms with van der Waals surface area (Å²) < 4.78 is 25.6. The second-order valence-electron chi connectivity index (χ2n) is 5.23. The van der Waals surface area contributed by atoms with Gasteiger partial charge in [0.05, 0.1) is 17.6 Å². The van der Waals surface area contributed by atoms with Crippen molar-refractivity contribution in [3.05, 3.63) is 18.3 Å². The number of pyridine rings is 1. The first-order chi connectivity index (χ1) is 8.22. The number of anilines is 2. The van der Waals surface area contributed by atoms with Gasteiger partial charge in [-0.05, 0) is 39.3 Å². The van der Waals surface area contributed by atoms with Crippen molar-refractivity contribution in [2.24, 2.45) is 0 Å². The van der Waals surface area contributed by atoms with Crippen molar-refractivity contribution in [1.29, 1.82) is 0 Å². The molecule has 2 N–H and O–H groups in total. The lowest BCUT2D eigenvalue weighted by Crippen LogP contribution is -2.26. The molecular weight excluding hydrogens is 250 g/mol. The lowest BCUT2D eigenvalue weighted by molar-refractivity contribution is 0.600. The van der Waals surface area contributed by atoms with Crippen LogP contribution in [0, 0.1) is 0 Å². The van der Waals surface area contributed by atoms with E-state index in [0.717, 1.165) is 5.82 Å². The molecule has 5 nitrogen and oxygen atoms in total. The highest BCUT2D eigenvalue weighted by Crippen LogP contribution is 2.15. The number of nitrogens with zero attached hydrogens (tertiary/aromatic N) is 1. The fourth-order valence-corrected chi connectivity index (χ4v) is 2.53. The third-order valence-electron chi connectivity index (χ3n) is 2.01. The Kier molecular flexibility index (Phi) is 4.56. The normalized spacial score (nSPS) is 12.2. The van der Waals surface area contributed by atoms with Crippen LogP contribution in [0.2, 0.25) is 0 Å². The molecule has 0 spiro atoms. The fourth-order valence-electron chi connectivity index (χ4n) is 1.41. The van der Waals surface area contributed by atoms with Gasteiger partial charge < -0.3 is 5.32 Å². The van der Waals surface area contributed by atoms with Crippen LogP contribution in [0.25, 0.3) is 0 Å². The predicted octanol–water partition coefficient (Wildman–Crippen LogP) is 2.44. The maximum atomic E-state index is 11.6. The van der Waals surface area contributed by atoms with Gasteiger partial charge in [0.2, 0.25) is 10.0 Å². The summed E-state index contributed by atoms with van der Waals surface area (Å²) >= 11 is 0. The third kappa shape index (κ3) is 5.35. The van der Waals surface area contributed by atoms with E-state index in [9.17, 15) is 8.42 Å². The van der Waals surface area contributed by atoms with Crippen molar-refractivity contribution in [1.82, 2.24) is 4.98 Å². The number of nitrogens with one attached hydrogen (secondary N) is 2. The molecule has 0 saturated heterocycles. The third-order valence-corrected chi connectivity index (χ3v) is 3.51. The zero-order chi connectivity index (χ0) is 13.8. The summed E-state index contributed by atoms with van der Waals surface area (Å²) in [6.45, 7) is 7.93. The van der Waals surface area contributed by atoms with Crippen molar-refractivity contribution in [3.63, 3.8) is 0 Å². The number of sulfonamides is 1. The minimum absolute atomic E-state index is 0.0732. The summed E-state index contributed by atoms with van der Waals surface area (Å²) in [5.74, 6) is 0.843. The highest BCUT2D eigenvalue weighted by atomic mass is 32.2. The number of aromatic nitrogens is 1. The highest BCUT2D eigenvalue weighted by Gasteiger charge is 2.11. The molecule has 1 aromatic rings. The summed E-state index contributed by atoms with van der Waals surface area (Å²) in [5, 5.41) is 3.21. The Bertz CT molecular complexity index is 475. The van der Waals surface area contributed by atoms with E-state index in [4.69, 9.17) is 0 Å². The molecule has 0 fully saturated rings. The molecule has 0 aliphatic carbocycles. The minimum atomic E-state index is -3.24. The molecule has 0 atom stereocenters. The van der Waals surface area contributed by atoms with Gasteiger partial charge in [-0.3, -0.25) is 4.72 Å². The van der Waals surface area contributed by atoms with E-state index in [1.807, 2.05) is 27.7 Å². The first-order valence-electron chi connectivity index (χ1n) is 5.96. The molecule has 0 unspecified atom stereocenters. The first kappa shape index (κ1) is 14.8. The molecule has 0 aliphatic heterocycles. The Morgan fingerprint density at radius 3 is 2.39 bits per heavy atom. The molecule has 1 rings (SSSR count). The SMILES string of the molecule is CCCS(=O)(=O)Nc1ccc(NC(C)(C)C)nc1. The highest BCUT2D eigenvalue weighted by molar-refractivity contribution is 7.92. The van der Waals surface area contributed by atoms with E-state index in [2.05, 4.69) is 15.0 Å². The van der Waals surface area contributed by atoms with Gasteiger partial charge in [0.15, 0.2) is 0 Å². The largest absolute Gasteiger partial charge is 0.365 e. The average molecular weight is 271 g/mol. The van der Waals surface area contributed by atoms with Crippen LogP contribution in [-0.2, 0) is 10.0 Å². The van der Waals surface area contributed by atoms with Crippen molar-refractivity contribution >= 4 is 21.5 Å². The molecule has 0 amide bonds. The molecule has 0 aromatic carbocycles. The molecule has 0 aliphatic rings. The van der Waals surface area contributed by atoms with Gasteiger partial charge in [-0.25, -0.2) is 13.4 Å². The van der Waals surface area contributed by atoms with Crippen LogP contribution in [-0.4, -0.2) is 24.7 Å². The van der Waals surface area contributed by atoms with E-state index < -0.39 is 10.0 Å². The molecule has 102 valence electrons. The van der Waals surface area contributed by atoms with Gasteiger partial charge >= 0.3 is 0 Å². The Labute approximate surface area is 109 Å². The molecular formula is C12H21N3O2S. The molecule has 6 heteroatoms. The molecule has 1 aromatic heterocycles. The second-order valence-corrected chi connectivity index (χ2v) is 7.07. The second kappa shape index (κ2) is 5.56. The molecule has 0 radical (unpaired) electrons. The van der Waals surface area contributed by atoms with Gasteiger partial charge in [-0.2, -0.15) is 0 Å². The Morgan fingerprint density at radius 2 is 1.94 bits per heavy atom.